The van der Waals surface area contributed by atoms with Gasteiger partial charge in [0.2, 0.25) is 0 Å². The molecule has 7 heteroatoms. The molecule has 0 spiro atoms. The number of thioether (sulfide) groups is 1. The van der Waals surface area contributed by atoms with E-state index in [9.17, 15) is 14.0 Å². The maximum atomic E-state index is 13.5. The Balaban J connectivity index is 1.76. The predicted octanol–water partition coefficient (Wildman–Crippen LogP) is 4.27. The summed E-state index contributed by atoms with van der Waals surface area (Å²) >= 11 is 7.06. The van der Waals surface area contributed by atoms with Gasteiger partial charge in [-0.2, -0.15) is 0 Å². The number of esters is 1. The highest BCUT2D eigenvalue weighted by Crippen LogP contribution is 2.19. The summed E-state index contributed by atoms with van der Waals surface area (Å²) in [7, 11) is 0. The molecule has 4 nitrogen and oxygen atoms in total. The van der Waals surface area contributed by atoms with E-state index in [4.69, 9.17) is 16.3 Å². The standard InChI is InChI=1S/C17H13ClFNO3S/c18-12-6-7-14(19)15(10-12)20-16(21)11-23-17(22)8-9-24-13-4-2-1-3-5-13/h1-10H,11H2,(H,20,21)/b9-8+. The van der Waals surface area contributed by atoms with Crippen molar-refractivity contribution in [3.63, 3.8) is 0 Å². The zero-order valence-electron chi connectivity index (χ0n) is 12.4. The summed E-state index contributed by atoms with van der Waals surface area (Å²) in [5, 5.41) is 4.13. The number of hydrogen-bond donors (Lipinski definition) is 1. The average Bonchev–Trinajstić information content (AvgIpc) is 2.57. The van der Waals surface area contributed by atoms with Crippen LogP contribution in [0.3, 0.4) is 0 Å². The molecular formula is C17H13ClFNO3S. The number of ether oxygens (including phenoxy) is 1. The maximum absolute atomic E-state index is 13.5. The first-order chi connectivity index (χ1) is 11.5. The Kier molecular flexibility index (Phi) is 6.84. The summed E-state index contributed by atoms with van der Waals surface area (Å²) in [6.45, 7) is -0.523. The highest BCUT2D eigenvalue weighted by Gasteiger charge is 2.09. The van der Waals surface area contributed by atoms with Gasteiger partial charge in [0.05, 0.1) is 5.69 Å². The van der Waals surface area contributed by atoms with Crippen molar-refractivity contribution < 1.29 is 18.7 Å². The molecule has 2 rings (SSSR count). The Morgan fingerprint density at radius 3 is 2.71 bits per heavy atom. The van der Waals surface area contributed by atoms with Gasteiger partial charge < -0.3 is 10.1 Å². The number of carbonyl (C=O) groups is 2. The summed E-state index contributed by atoms with van der Waals surface area (Å²) in [4.78, 5) is 24.1. The van der Waals surface area contributed by atoms with Gasteiger partial charge in [0, 0.05) is 16.0 Å². The van der Waals surface area contributed by atoms with E-state index in [1.807, 2.05) is 30.3 Å². The van der Waals surface area contributed by atoms with E-state index >= 15 is 0 Å². The molecule has 0 aliphatic rings. The third kappa shape index (κ3) is 6.06. The van der Waals surface area contributed by atoms with Gasteiger partial charge in [0.1, 0.15) is 5.82 Å². The molecule has 24 heavy (non-hydrogen) atoms. The number of hydrogen-bond acceptors (Lipinski definition) is 4. The summed E-state index contributed by atoms with van der Waals surface area (Å²) in [6, 6.07) is 13.2. The summed E-state index contributed by atoms with van der Waals surface area (Å²) in [6.07, 6.45) is 1.21. The Bertz CT molecular complexity index is 753. The zero-order valence-corrected chi connectivity index (χ0v) is 13.9. The largest absolute Gasteiger partial charge is 0.452 e. The van der Waals surface area contributed by atoms with Gasteiger partial charge in [-0.15, -0.1) is 0 Å². The smallest absolute Gasteiger partial charge is 0.331 e. The maximum Gasteiger partial charge on any atom is 0.331 e. The third-order valence-electron chi connectivity index (χ3n) is 2.70. The second-order valence-electron chi connectivity index (χ2n) is 4.51. The minimum absolute atomic E-state index is 0.0706. The van der Waals surface area contributed by atoms with E-state index in [1.165, 1.54) is 30.0 Å². The van der Waals surface area contributed by atoms with Crippen LogP contribution in [0.2, 0.25) is 5.02 Å². The van der Waals surface area contributed by atoms with E-state index in [0.29, 0.717) is 0 Å². The van der Waals surface area contributed by atoms with Crippen LogP contribution in [0.15, 0.2) is 64.9 Å². The first kappa shape index (κ1) is 18.0. The lowest BCUT2D eigenvalue weighted by molar-refractivity contribution is -0.142. The van der Waals surface area contributed by atoms with Crippen molar-refractivity contribution in [1.82, 2.24) is 0 Å². The molecule has 1 N–H and O–H groups in total. The molecule has 0 fully saturated rings. The SMILES string of the molecule is O=C(COC(=O)/C=C/Sc1ccccc1)Nc1cc(Cl)ccc1F. The fourth-order valence-corrected chi connectivity index (χ4v) is 2.45. The highest BCUT2D eigenvalue weighted by atomic mass is 35.5. The van der Waals surface area contributed by atoms with Crippen molar-refractivity contribution in [3.8, 4) is 0 Å². The van der Waals surface area contributed by atoms with Crippen LogP contribution >= 0.6 is 23.4 Å². The molecule has 0 bridgehead atoms. The average molecular weight is 366 g/mol. The van der Waals surface area contributed by atoms with Crippen LogP contribution in [-0.2, 0) is 14.3 Å². The first-order valence-electron chi connectivity index (χ1n) is 6.84. The van der Waals surface area contributed by atoms with Crippen LogP contribution in [0.25, 0.3) is 0 Å². The van der Waals surface area contributed by atoms with Crippen molar-refractivity contribution in [1.29, 1.82) is 0 Å². The van der Waals surface area contributed by atoms with Crippen molar-refractivity contribution in [2.45, 2.75) is 4.90 Å². The zero-order chi connectivity index (χ0) is 17.4. The third-order valence-corrected chi connectivity index (χ3v) is 3.75. The Morgan fingerprint density at radius 2 is 1.96 bits per heavy atom. The normalized spacial score (nSPS) is 10.6. The fraction of sp³-hybridized carbons (Fsp3) is 0.0588. The van der Waals surface area contributed by atoms with Gasteiger partial charge in [0.25, 0.3) is 5.91 Å². The number of anilines is 1. The van der Waals surface area contributed by atoms with E-state index in [0.717, 1.165) is 11.0 Å². The first-order valence-corrected chi connectivity index (χ1v) is 8.10. The number of nitrogens with one attached hydrogen (secondary N) is 1. The molecule has 2 aromatic carbocycles. The molecule has 0 radical (unpaired) electrons. The predicted molar refractivity (Wildman–Crippen MR) is 92.4 cm³/mol. The van der Waals surface area contributed by atoms with Crippen molar-refractivity contribution in [3.05, 3.63) is 70.9 Å². The van der Waals surface area contributed by atoms with Crippen LogP contribution in [0.1, 0.15) is 0 Å². The van der Waals surface area contributed by atoms with E-state index in [1.54, 1.807) is 5.41 Å². The van der Waals surface area contributed by atoms with Crippen LogP contribution in [-0.4, -0.2) is 18.5 Å². The molecule has 0 unspecified atom stereocenters. The quantitative estimate of drug-likeness (QED) is 0.472. The van der Waals surface area contributed by atoms with E-state index < -0.39 is 24.3 Å². The molecule has 1 amide bonds. The molecule has 0 saturated heterocycles. The van der Waals surface area contributed by atoms with Gasteiger partial charge >= 0.3 is 5.97 Å². The molecule has 0 atom stereocenters. The van der Waals surface area contributed by atoms with Gasteiger partial charge in [-0.3, -0.25) is 4.79 Å². The Labute approximate surface area is 147 Å². The molecule has 2 aromatic rings. The lowest BCUT2D eigenvalue weighted by atomic mass is 10.3. The monoisotopic (exact) mass is 365 g/mol. The second-order valence-corrected chi connectivity index (χ2v) is 5.93. The minimum Gasteiger partial charge on any atom is -0.452 e. The molecule has 0 aliphatic carbocycles. The van der Waals surface area contributed by atoms with Crippen LogP contribution in [0.4, 0.5) is 10.1 Å². The van der Waals surface area contributed by atoms with Gasteiger partial charge in [-0.1, -0.05) is 41.6 Å². The molecule has 124 valence electrons. The number of halogens is 2. The van der Waals surface area contributed by atoms with Crippen molar-refractivity contribution in [2.24, 2.45) is 0 Å². The van der Waals surface area contributed by atoms with Gasteiger partial charge in [-0.25, -0.2) is 9.18 Å². The summed E-state index contributed by atoms with van der Waals surface area (Å²) in [5.74, 6) is -1.95. The summed E-state index contributed by atoms with van der Waals surface area (Å²) < 4.78 is 18.2. The number of amides is 1. The van der Waals surface area contributed by atoms with Crippen molar-refractivity contribution >= 4 is 40.9 Å². The number of benzene rings is 2. The number of rotatable bonds is 6. The van der Waals surface area contributed by atoms with E-state index in [-0.39, 0.29) is 10.7 Å². The minimum atomic E-state index is -0.667. The van der Waals surface area contributed by atoms with Gasteiger partial charge in [0.15, 0.2) is 6.61 Å². The molecule has 0 heterocycles. The molecule has 0 aromatic heterocycles. The van der Waals surface area contributed by atoms with E-state index in [2.05, 4.69) is 5.32 Å². The lowest BCUT2D eigenvalue weighted by Crippen LogP contribution is -2.20. The topological polar surface area (TPSA) is 55.4 Å². The van der Waals surface area contributed by atoms with Crippen LogP contribution < -0.4 is 5.32 Å². The fourth-order valence-electron chi connectivity index (χ4n) is 1.63. The second kappa shape index (κ2) is 9.10. The highest BCUT2D eigenvalue weighted by molar-refractivity contribution is 8.02. The summed E-state index contributed by atoms with van der Waals surface area (Å²) in [5.41, 5.74) is -0.0706. The Morgan fingerprint density at radius 1 is 1.21 bits per heavy atom. The molecule has 0 aliphatic heterocycles. The molecule has 0 saturated carbocycles. The van der Waals surface area contributed by atoms with Crippen LogP contribution in [0, 0.1) is 5.82 Å². The lowest BCUT2D eigenvalue weighted by Gasteiger charge is -2.06. The molecular weight excluding hydrogens is 353 g/mol. The van der Waals surface area contributed by atoms with Gasteiger partial charge in [-0.05, 0) is 35.7 Å². The van der Waals surface area contributed by atoms with Crippen LogP contribution in [0.5, 0.6) is 0 Å². The van der Waals surface area contributed by atoms with Crippen molar-refractivity contribution in [2.75, 3.05) is 11.9 Å². The Hall–Kier alpha value is -2.31. The number of carbonyl (C=O) groups excluding carboxylic acids is 2.